The third kappa shape index (κ3) is 3.99. The molecule has 2 aromatic rings. The Morgan fingerprint density at radius 2 is 2.20 bits per heavy atom. The van der Waals surface area contributed by atoms with E-state index in [0.29, 0.717) is 15.8 Å². The molecule has 0 saturated carbocycles. The first-order chi connectivity index (χ1) is 12.0. The van der Waals surface area contributed by atoms with E-state index in [0.717, 1.165) is 17.8 Å². The number of amides is 1. The zero-order valence-corrected chi connectivity index (χ0v) is 13.4. The van der Waals surface area contributed by atoms with Crippen LogP contribution in [0.2, 0.25) is 0 Å². The number of benzene rings is 1. The van der Waals surface area contributed by atoms with E-state index in [1.807, 2.05) is 0 Å². The Balaban J connectivity index is 1.77. The predicted octanol–water partition coefficient (Wildman–Crippen LogP) is 2.50. The fourth-order valence-corrected chi connectivity index (χ4v) is 2.78. The van der Waals surface area contributed by atoms with Crippen LogP contribution in [-0.4, -0.2) is 22.2 Å². The van der Waals surface area contributed by atoms with Crippen molar-refractivity contribution < 1.29 is 24.2 Å². The Morgan fingerprint density at radius 3 is 2.92 bits per heavy atom. The second kappa shape index (κ2) is 7.10. The van der Waals surface area contributed by atoms with Gasteiger partial charge in [0, 0.05) is 0 Å². The van der Waals surface area contributed by atoms with Gasteiger partial charge in [0.1, 0.15) is 5.76 Å². The van der Waals surface area contributed by atoms with Gasteiger partial charge in [0.25, 0.3) is 5.91 Å². The molecule has 3 rings (SSSR count). The van der Waals surface area contributed by atoms with E-state index in [-0.39, 0.29) is 17.2 Å². The SMILES string of the molecule is O=C1NC(=Nc2ccc([O-])c(C(=O)O)c2)S/C1=C\C=C\c1ccco1. The van der Waals surface area contributed by atoms with Gasteiger partial charge in [0.2, 0.25) is 0 Å². The summed E-state index contributed by atoms with van der Waals surface area (Å²) >= 11 is 1.11. The van der Waals surface area contributed by atoms with E-state index in [9.17, 15) is 14.7 Å². The largest absolute Gasteiger partial charge is 0.872 e. The quantitative estimate of drug-likeness (QED) is 0.814. The molecule has 2 heterocycles. The molecule has 2 N–H and O–H groups in total. The van der Waals surface area contributed by atoms with Gasteiger partial charge in [-0.25, -0.2) is 9.79 Å². The molecule has 0 atom stereocenters. The van der Waals surface area contributed by atoms with E-state index >= 15 is 0 Å². The maximum absolute atomic E-state index is 11.9. The van der Waals surface area contributed by atoms with Gasteiger partial charge in [0.05, 0.1) is 22.4 Å². The number of aliphatic imine (C=N–C) groups is 1. The molecule has 1 aliphatic heterocycles. The Kier molecular flexibility index (Phi) is 4.71. The maximum Gasteiger partial charge on any atom is 0.335 e. The van der Waals surface area contributed by atoms with E-state index in [1.54, 1.807) is 36.6 Å². The number of nitrogens with one attached hydrogen (secondary N) is 1. The van der Waals surface area contributed by atoms with Crippen LogP contribution in [0.25, 0.3) is 6.08 Å². The summed E-state index contributed by atoms with van der Waals surface area (Å²) in [7, 11) is 0. The van der Waals surface area contributed by atoms with Crippen LogP contribution >= 0.6 is 11.8 Å². The Morgan fingerprint density at radius 1 is 1.36 bits per heavy atom. The van der Waals surface area contributed by atoms with Crippen molar-refractivity contribution in [3.05, 3.63) is 65.0 Å². The average molecular weight is 355 g/mol. The maximum atomic E-state index is 11.9. The molecular weight excluding hydrogens is 344 g/mol. The van der Waals surface area contributed by atoms with Crippen LogP contribution in [0, 0.1) is 0 Å². The molecule has 1 amide bonds. The fourth-order valence-electron chi connectivity index (χ4n) is 1.98. The van der Waals surface area contributed by atoms with Crippen molar-refractivity contribution in [3.63, 3.8) is 0 Å². The number of furan rings is 1. The molecule has 25 heavy (non-hydrogen) atoms. The number of amidine groups is 1. The average Bonchev–Trinajstić information content (AvgIpc) is 3.19. The molecule has 126 valence electrons. The lowest BCUT2D eigenvalue weighted by atomic mass is 10.2. The Labute approximate surface area is 146 Å². The van der Waals surface area contributed by atoms with Crippen LogP contribution in [0.1, 0.15) is 16.1 Å². The minimum Gasteiger partial charge on any atom is -0.872 e. The van der Waals surface area contributed by atoms with Crippen LogP contribution in [0.4, 0.5) is 5.69 Å². The third-order valence-corrected chi connectivity index (χ3v) is 4.05. The number of rotatable bonds is 4. The van der Waals surface area contributed by atoms with Gasteiger partial charge in [-0.1, -0.05) is 17.9 Å². The lowest BCUT2D eigenvalue weighted by Gasteiger charge is -2.09. The summed E-state index contributed by atoms with van der Waals surface area (Å²) in [5.74, 6) is -1.57. The first kappa shape index (κ1) is 16.6. The summed E-state index contributed by atoms with van der Waals surface area (Å²) < 4.78 is 5.14. The minimum absolute atomic E-state index is 0.271. The molecule has 0 bridgehead atoms. The number of allylic oxidation sites excluding steroid dienone is 2. The molecule has 0 aliphatic carbocycles. The van der Waals surface area contributed by atoms with Crippen molar-refractivity contribution in [3.8, 4) is 5.75 Å². The van der Waals surface area contributed by atoms with Crippen molar-refractivity contribution in [2.45, 2.75) is 0 Å². The van der Waals surface area contributed by atoms with Gasteiger partial charge in [-0.15, -0.1) is 0 Å². The van der Waals surface area contributed by atoms with Crippen molar-refractivity contribution in [1.29, 1.82) is 0 Å². The number of carboxylic acids is 1. The third-order valence-electron chi connectivity index (χ3n) is 3.13. The monoisotopic (exact) mass is 355 g/mol. The first-order valence-electron chi connectivity index (χ1n) is 7.07. The highest BCUT2D eigenvalue weighted by molar-refractivity contribution is 8.18. The van der Waals surface area contributed by atoms with Crippen LogP contribution in [-0.2, 0) is 4.79 Å². The normalized spacial score (nSPS) is 17.5. The second-order valence-electron chi connectivity index (χ2n) is 4.86. The topological polar surface area (TPSA) is 115 Å². The van der Waals surface area contributed by atoms with Gasteiger partial charge in [-0.05, 0) is 48.2 Å². The van der Waals surface area contributed by atoms with E-state index < -0.39 is 11.7 Å². The van der Waals surface area contributed by atoms with Crippen molar-refractivity contribution >= 4 is 40.6 Å². The number of aromatic carboxylic acids is 1. The summed E-state index contributed by atoms with van der Waals surface area (Å²) in [6.45, 7) is 0. The number of nitrogens with zero attached hydrogens (tertiary/aromatic N) is 1. The number of thioether (sulfide) groups is 1. The molecule has 1 aromatic carbocycles. The molecular formula is C17H11N2O5S-. The van der Waals surface area contributed by atoms with Crippen LogP contribution in [0.5, 0.6) is 5.75 Å². The van der Waals surface area contributed by atoms with Gasteiger partial charge >= 0.3 is 5.97 Å². The zero-order chi connectivity index (χ0) is 17.8. The highest BCUT2D eigenvalue weighted by Gasteiger charge is 2.23. The first-order valence-corrected chi connectivity index (χ1v) is 7.89. The van der Waals surface area contributed by atoms with Crippen LogP contribution in [0.15, 0.2) is 63.1 Å². The molecule has 1 aromatic heterocycles. The molecule has 0 spiro atoms. The van der Waals surface area contributed by atoms with E-state index in [1.165, 1.54) is 12.1 Å². The van der Waals surface area contributed by atoms with Gasteiger partial charge < -0.3 is 19.9 Å². The second-order valence-corrected chi connectivity index (χ2v) is 5.89. The molecule has 0 unspecified atom stereocenters. The highest BCUT2D eigenvalue weighted by atomic mass is 32.2. The Hall–Kier alpha value is -3.26. The molecule has 0 radical (unpaired) electrons. The smallest absolute Gasteiger partial charge is 0.335 e. The summed E-state index contributed by atoms with van der Waals surface area (Å²) in [6, 6.07) is 7.24. The number of carboxylic acid groups (broad SMARTS) is 1. The summed E-state index contributed by atoms with van der Waals surface area (Å²) in [4.78, 5) is 27.5. The Bertz CT molecular complexity index is 913. The van der Waals surface area contributed by atoms with E-state index in [2.05, 4.69) is 10.3 Å². The molecule has 1 aliphatic rings. The molecule has 1 fully saturated rings. The van der Waals surface area contributed by atoms with Gasteiger partial charge in [-0.2, -0.15) is 0 Å². The van der Waals surface area contributed by atoms with E-state index in [4.69, 9.17) is 9.52 Å². The van der Waals surface area contributed by atoms with Crippen molar-refractivity contribution in [2.24, 2.45) is 4.99 Å². The van der Waals surface area contributed by atoms with Crippen molar-refractivity contribution in [2.75, 3.05) is 0 Å². The summed E-state index contributed by atoms with van der Waals surface area (Å²) in [5.41, 5.74) is -0.0968. The molecule has 1 saturated heterocycles. The van der Waals surface area contributed by atoms with Crippen LogP contribution in [0.3, 0.4) is 0 Å². The number of carbonyl (C=O) groups excluding carboxylic acids is 1. The minimum atomic E-state index is -1.32. The van der Waals surface area contributed by atoms with Gasteiger partial charge in [-0.3, -0.25) is 4.79 Å². The number of carbonyl (C=O) groups is 2. The number of hydrogen-bond acceptors (Lipinski definition) is 6. The lowest BCUT2D eigenvalue weighted by Crippen LogP contribution is -2.19. The van der Waals surface area contributed by atoms with Crippen molar-refractivity contribution in [1.82, 2.24) is 5.32 Å². The fraction of sp³-hybridized carbons (Fsp3) is 0. The predicted molar refractivity (Wildman–Crippen MR) is 91.5 cm³/mol. The zero-order valence-electron chi connectivity index (χ0n) is 12.6. The summed E-state index contributed by atoms with van der Waals surface area (Å²) in [6.07, 6.45) is 6.56. The molecule has 8 heteroatoms. The van der Waals surface area contributed by atoms with Gasteiger partial charge in [0.15, 0.2) is 5.17 Å². The standard InChI is InChI=1S/C17H12N2O5S/c20-13-7-6-10(9-12(13)16(22)23)18-17-19-15(21)14(25-17)5-1-3-11-4-2-8-24-11/h1-9,20H,(H,22,23)(H,18,19,21)/p-1/b3-1+,14-5-. The lowest BCUT2D eigenvalue weighted by molar-refractivity contribution is -0.268. The number of hydrogen-bond donors (Lipinski definition) is 2. The highest BCUT2D eigenvalue weighted by Crippen LogP contribution is 2.28. The van der Waals surface area contributed by atoms with Crippen LogP contribution < -0.4 is 10.4 Å². The summed E-state index contributed by atoms with van der Waals surface area (Å²) in [5, 5.41) is 23.3. The molecule has 7 nitrogen and oxygen atoms in total.